The van der Waals surface area contributed by atoms with Crippen molar-refractivity contribution < 1.29 is 13.2 Å². The highest BCUT2D eigenvalue weighted by Gasteiger charge is 2.32. The number of allylic oxidation sites excluding steroid dienone is 2. The quantitative estimate of drug-likeness (QED) is 0.474. The van der Waals surface area contributed by atoms with Gasteiger partial charge in [-0.15, -0.1) is 0 Å². The van der Waals surface area contributed by atoms with E-state index in [2.05, 4.69) is 40.1 Å². The lowest BCUT2D eigenvalue weighted by Gasteiger charge is -2.42. The van der Waals surface area contributed by atoms with Crippen molar-refractivity contribution in [1.82, 2.24) is 9.80 Å². The highest BCUT2D eigenvalue weighted by atomic mass is 19.4. The van der Waals surface area contributed by atoms with Crippen molar-refractivity contribution in [1.29, 1.82) is 0 Å². The van der Waals surface area contributed by atoms with E-state index in [0.717, 1.165) is 79.2 Å². The number of hydrogen-bond acceptors (Lipinski definition) is 3. The maximum absolute atomic E-state index is 12.9. The average Bonchev–Trinajstić information content (AvgIpc) is 2.95. The van der Waals surface area contributed by atoms with E-state index >= 15 is 0 Å². The molecule has 0 bridgehead atoms. The van der Waals surface area contributed by atoms with Crippen molar-refractivity contribution in [2.24, 2.45) is 4.99 Å². The smallest absolute Gasteiger partial charge is 0.366 e. The molecule has 2 aromatic carbocycles. The second-order valence-corrected chi connectivity index (χ2v) is 8.88. The molecule has 178 valence electrons. The van der Waals surface area contributed by atoms with Gasteiger partial charge in [-0.25, -0.2) is 0 Å². The largest absolute Gasteiger partial charge is 0.416 e. The van der Waals surface area contributed by atoms with Crippen molar-refractivity contribution in [3.8, 4) is 11.1 Å². The molecule has 0 aromatic heterocycles. The standard InChI is InChI=1S/C28H30F3N3/c1-4-5-14-32-20(2)18-33-15-16-34-21(3)27-17-24(7-6-23(27)10-13-26(34)19-33)22-8-11-25(12-9-22)28(29,30)31/h4-9,11-12,14,17,26H,2-3,10,13,15-16,18-19H2,1H3/b5-4-,32-14?. The van der Waals surface area contributed by atoms with Crippen molar-refractivity contribution in [2.45, 2.75) is 32.0 Å². The van der Waals surface area contributed by atoms with Crippen LogP contribution >= 0.6 is 0 Å². The summed E-state index contributed by atoms with van der Waals surface area (Å²) in [5.41, 5.74) is 5.22. The zero-order valence-corrected chi connectivity index (χ0v) is 19.5. The maximum Gasteiger partial charge on any atom is 0.416 e. The summed E-state index contributed by atoms with van der Waals surface area (Å²) in [4.78, 5) is 9.18. The third-order valence-electron chi connectivity index (χ3n) is 6.57. The molecule has 0 spiro atoms. The van der Waals surface area contributed by atoms with Gasteiger partial charge in [0, 0.05) is 55.4 Å². The first kappa shape index (κ1) is 24.0. The van der Waals surface area contributed by atoms with Crippen molar-refractivity contribution in [3.05, 3.63) is 90.2 Å². The van der Waals surface area contributed by atoms with Gasteiger partial charge in [0.05, 0.1) is 5.56 Å². The zero-order chi connectivity index (χ0) is 24.3. The monoisotopic (exact) mass is 465 g/mol. The Hall–Kier alpha value is -3.12. The Labute approximate surface area is 199 Å². The number of rotatable bonds is 5. The van der Waals surface area contributed by atoms with E-state index in [0.29, 0.717) is 6.04 Å². The fourth-order valence-corrected chi connectivity index (χ4v) is 4.77. The minimum absolute atomic E-state index is 0.357. The van der Waals surface area contributed by atoms with Crippen molar-refractivity contribution in [3.63, 3.8) is 0 Å². The summed E-state index contributed by atoms with van der Waals surface area (Å²) in [5, 5.41) is 0. The minimum atomic E-state index is -4.33. The van der Waals surface area contributed by atoms with Gasteiger partial charge < -0.3 is 4.90 Å². The van der Waals surface area contributed by atoms with E-state index in [1.54, 1.807) is 6.21 Å². The predicted molar refractivity (Wildman–Crippen MR) is 134 cm³/mol. The molecule has 34 heavy (non-hydrogen) atoms. The molecule has 0 aliphatic carbocycles. The normalized spacial score (nSPS) is 19.4. The van der Waals surface area contributed by atoms with Gasteiger partial charge in [-0.05, 0) is 60.7 Å². The predicted octanol–water partition coefficient (Wildman–Crippen LogP) is 6.44. The topological polar surface area (TPSA) is 18.8 Å². The number of piperazine rings is 1. The van der Waals surface area contributed by atoms with Gasteiger partial charge in [0.1, 0.15) is 0 Å². The second-order valence-electron chi connectivity index (χ2n) is 8.88. The van der Waals surface area contributed by atoms with Crippen LogP contribution < -0.4 is 0 Å². The van der Waals surface area contributed by atoms with Crippen LogP contribution in [-0.2, 0) is 12.6 Å². The van der Waals surface area contributed by atoms with Gasteiger partial charge >= 0.3 is 6.18 Å². The summed E-state index contributed by atoms with van der Waals surface area (Å²) in [6, 6.07) is 11.9. The first-order valence-electron chi connectivity index (χ1n) is 11.6. The van der Waals surface area contributed by atoms with E-state index in [-0.39, 0.29) is 0 Å². The molecule has 3 nitrogen and oxygen atoms in total. The molecule has 2 aliphatic rings. The minimum Gasteiger partial charge on any atom is -0.366 e. The molecule has 0 N–H and O–H groups in total. The van der Waals surface area contributed by atoms with Crippen LogP contribution in [0.1, 0.15) is 30.0 Å². The molecule has 2 aliphatic heterocycles. The SMILES string of the molecule is C=C(CN1CCN2C(=C)c3cc(-c4ccc(C(F)(F)F)cc4)ccc3CCC2C1)N=C/C=C\C. The van der Waals surface area contributed by atoms with Crippen LogP contribution in [0.25, 0.3) is 16.8 Å². The van der Waals surface area contributed by atoms with Gasteiger partial charge in [0.25, 0.3) is 0 Å². The lowest BCUT2D eigenvalue weighted by molar-refractivity contribution is -0.137. The summed E-state index contributed by atoms with van der Waals surface area (Å²) in [5.74, 6) is 0. The van der Waals surface area contributed by atoms with Crippen LogP contribution in [0.3, 0.4) is 0 Å². The highest BCUT2D eigenvalue weighted by molar-refractivity contribution is 5.74. The summed E-state index contributed by atoms with van der Waals surface area (Å²) in [7, 11) is 0. The first-order chi connectivity index (χ1) is 16.3. The van der Waals surface area contributed by atoms with Gasteiger partial charge in [-0.2, -0.15) is 13.2 Å². The first-order valence-corrected chi connectivity index (χ1v) is 11.6. The maximum atomic E-state index is 12.9. The van der Waals surface area contributed by atoms with Crippen LogP contribution in [-0.4, -0.2) is 48.2 Å². The molecule has 2 aromatic rings. The molecule has 1 unspecified atom stereocenters. The Bertz CT molecular complexity index is 1110. The number of aliphatic imine (C=N–C) groups is 1. The van der Waals surface area contributed by atoms with Gasteiger partial charge in [0.2, 0.25) is 0 Å². The molecule has 4 rings (SSSR count). The Kier molecular flexibility index (Phi) is 7.08. The van der Waals surface area contributed by atoms with Gasteiger partial charge in [-0.1, -0.05) is 43.5 Å². The lowest BCUT2D eigenvalue weighted by Crippen LogP contribution is -2.51. The number of benzene rings is 2. The van der Waals surface area contributed by atoms with Crippen LogP contribution in [0, 0.1) is 0 Å². The van der Waals surface area contributed by atoms with E-state index in [4.69, 9.17) is 0 Å². The molecule has 1 saturated heterocycles. The van der Waals surface area contributed by atoms with E-state index < -0.39 is 11.7 Å². The van der Waals surface area contributed by atoms with Crippen LogP contribution in [0.2, 0.25) is 0 Å². The number of fused-ring (bicyclic) bond motifs is 2. The zero-order valence-electron chi connectivity index (χ0n) is 19.5. The third-order valence-corrected chi connectivity index (χ3v) is 6.57. The average molecular weight is 466 g/mol. The second kappa shape index (κ2) is 10.0. The fourth-order valence-electron chi connectivity index (χ4n) is 4.77. The number of aryl methyl sites for hydroxylation is 1. The summed E-state index contributed by atoms with van der Waals surface area (Å²) in [6.07, 6.45) is 3.25. The molecule has 0 saturated carbocycles. The van der Waals surface area contributed by atoms with E-state index in [1.165, 1.54) is 17.7 Å². The Morgan fingerprint density at radius 3 is 2.56 bits per heavy atom. The lowest BCUT2D eigenvalue weighted by atomic mass is 9.95. The van der Waals surface area contributed by atoms with Crippen molar-refractivity contribution >= 4 is 11.9 Å². The number of nitrogens with zero attached hydrogens (tertiary/aromatic N) is 3. The molecular weight excluding hydrogens is 435 g/mol. The Morgan fingerprint density at radius 1 is 1.12 bits per heavy atom. The van der Waals surface area contributed by atoms with E-state index in [1.807, 2.05) is 25.1 Å². The summed E-state index contributed by atoms with van der Waals surface area (Å²) >= 11 is 0. The van der Waals surface area contributed by atoms with Gasteiger partial charge in [-0.3, -0.25) is 9.89 Å². The number of alkyl halides is 3. The molecule has 2 heterocycles. The van der Waals surface area contributed by atoms with Crippen LogP contribution in [0.15, 0.2) is 78.5 Å². The number of hydrogen-bond donors (Lipinski definition) is 0. The summed E-state index contributed by atoms with van der Waals surface area (Å²) in [6.45, 7) is 13.9. The highest BCUT2D eigenvalue weighted by Crippen LogP contribution is 2.36. The summed E-state index contributed by atoms with van der Waals surface area (Å²) < 4.78 is 38.8. The van der Waals surface area contributed by atoms with Crippen LogP contribution in [0.5, 0.6) is 0 Å². The molecule has 0 radical (unpaired) electrons. The van der Waals surface area contributed by atoms with Crippen LogP contribution in [0.4, 0.5) is 13.2 Å². The molecule has 6 heteroatoms. The Morgan fingerprint density at radius 2 is 1.85 bits per heavy atom. The number of halogens is 3. The molecular formula is C28H30F3N3. The molecule has 1 atom stereocenters. The fraction of sp³-hybridized carbons (Fsp3) is 0.321. The Balaban J connectivity index is 1.49. The van der Waals surface area contributed by atoms with Gasteiger partial charge in [0.15, 0.2) is 0 Å². The molecule has 1 fully saturated rings. The molecule has 0 amide bonds. The van der Waals surface area contributed by atoms with E-state index in [9.17, 15) is 13.2 Å². The third kappa shape index (κ3) is 5.33. The van der Waals surface area contributed by atoms with Crippen molar-refractivity contribution in [2.75, 3.05) is 26.2 Å².